The average molecular weight is 573 g/mol. The van der Waals surface area contributed by atoms with Gasteiger partial charge in [0.1, 0.15) is 11.8 Å². The van der Waals surface area contributed by atoms with Crippen molar-refractivity contribution in [3.8, 4) is 5.75 Å². The predicted molar refractivity (Wildman–Crippen MR) is 149 cm³/mol. The molecule has 1 N–H and O–H groups in total. The van der Waals surface area contributed by atoms with Crippen molar-refractivity contribution in [1.29, 1.82) is 0 Å². The first-order valence-corrected chi connectivity index (χ1v) is 14.6. The molecule has 2 aromatic carbocycles. The van der Waals surface area contributed by atoms with Crippen molar-refractivity contribution in [3.63, 3.8) is 0 Å². The first-order valence-electron chi connectivity index (χ1n) is 12.0. The zero-order valence-corrected chi connectivity index (χ0v) is 24.2. The Hall–Kier alpha value is -2.49. The molecule has 2 amide bonds. The fraction of sp³-hybridized carbons (Fsp3) is 0.462. The lowest BCUT2D eigenvalue weighted by Crippen LogP contribution is -2.48. The second-order valence-corrected chi connectivity index (χ2v) is 12.0. The largest absolute Gasteiger partial charge is 0.497 e. The van der Waals surface area contributed by atoms with E-state index in [4.69, 9.17) is 27.9 Å². The van der Waals surface area contributed by atoms with Crippen molar-refractivity contribution < 1.29 is 22.7 Å². The van der Waals surface area contributed by atoms with Gasteiger partial charge in [-0.3, -0.25) is 13.9 Å². The number of methoxy groups -OCH3 is 1. The van der Waals surface area contributed by atoms with Gasteiger partial charge in [0.15, 0.2) is 0 Å². The van der Waals surface area contributed by atoms with E-state index in [1.165, 1.54) is 17.0 Å². The highest BCUT2D eigenvalue weighted by molar-refractivity contribution is 7.92. The molecule has 8 nitrogen and oxygen atoms in total. The van der Waals surface area contributed by atoms with Crippen molar-refractivity contribution in [1.82, 2.24) is 10.2 Å². The third kappa shape index (κ3) is 9.39. The number of benzene rings is 2. The molecule has 204 valence electrons. The summed E-state index contributed by atoms with van der Waals surface area (Å²) in [7, 11) is -2.11. The summed E-state index contributed by atoms with van der Waals surface area (Å²) in [6.07, 6.45) is 1.32. The predicted octanol–water partition coefficient (Wildman–Crippen LogP) is 4.74. The number of hydrogen-bond donors (Lipinski definition) is 1. The Morgan fingerprint density at radius 3 is 2.27 bits per heavy atom. The highest BCUT2D eigenvalue weighted by atomic mass is 35.5. The molecule has 0 aliphatic rings. The number of anilines is 1. The quantitative estimate of drug-likeness (QED) is 0.374. The molecule has 0 aromatic heterocycles. The van der Waals surface area contributed by atoms with Crippen molar-refractivity contribution in [2.45, 2.75) is 46.2 Å². The van der Waals surface area contributed by atoms with Crippen LogP contribution in [-0.4, -0.2) is 57.6 Å². The van der Waals surface area contributed by atoms with E-state index in [-0.39, 0.29) is 54.4 Å². The molecular weight excluding hydrogens is 537 g/mol. The summed E-state index contributed by atoms with van der Waals surface area (Å²) in [5.41, 5.74) is 1.08. The zero-order valence-electron chi connectivity index (χ0n) is 21.8. The Labute approximate surface area is 229 Å². The van der Waals surface area contributed by atoms with Gasteiger partial charge >= 0.3 is 0 Å². The lowest BCUT2D eigenvalue weighted by atomic mass is 10.1. The van der Waals surface area contributed by atoms with E-state index in [1.54, 1.807) is 32.2 Å². The Morgan fingerprint density at radius 1 is 1.05 bits per heavy atom. The number of carbonyl (C=O) groups is 2. The molecule has 0 heterocycles. The molecule has 0 saturated heterocycles. The van der Waals surface area contributed by atoms with Crippen LogP contribution in [0.2, 0.25) is 10.0 Å². The SMILES string of the molecule is COc1ccc(CN(C(=O)CCCN(c2cc(Cl)ccc2Cl)S(C)(=O)=O)[C@@H](C)C(=O)NCC(C)C)cc1. The zero-order chi connectivity index (χ0) is 27.8. The maximum absolute atomic E-state index is 13.3. The maximum Gasteiger partial charge on any atom is 0.242 e. The molecule has 0 saturated carbocycles. The molecular formula is C26H35Cl2N3O5S. The molecule has 0 fully saturated rings. The van der Waals surface area contributed by atoms with E-state index in [0.29, 0.717) is 17.3 Å². The number of ether oxygens (including phenoxy) is 1. The van der Waals surface area contributed by atoms with E-state index >= 15 is 0 Å². The van der Waals surface area contributed by atoms with Crippen molar-refractivity contribution in [3.05, 3.63) is 58.1 Å². The van der Waals surface area contributed by atoms with Crippen LogP contribution >= 0.6 is 23.2 Å². The smallest absolute Gasteiger partial charge is 0.242 e. The number of rotatable bonds is 13. The van der Waals surface area contributed by atoms with Gasteiger partial charge in [-0.1, -0.05) is 49.2 Å². The molecule has 1 atom stereocenters. The third-order valence-corrected chi connectivity index (χ3v) is 7.43. The monoisotopic (exact) mass is 571 g/mol. The third-order valence-electron chi connectivity index (χ3n) is 5.69. The number of sulfonamides is 1. The van der Waals surface area contributed by atoms with Gasteiger partial charge in [0.05, 0.1) is 24.1 Å². The van der Waals surface area contributed by atoms with Gasteiger partial charge in [-0.2, -0.15) is 0 Å². The first-order chi connectivity index (χ1) is 17.3. The fourth-order valence-electron chi connectivity index (χ4n) is 3.62. The highest BCUT2D eigenvalue weighted by Gasteiger charge is 2.27. The minimum atomic E-state index is -3.69. The standard InChI is InChI=1S/C26H35Cl2N3O5S/c1-18(2)16-29-26(33)19(3)30(17-20-8-11-22(36-4)12-9-20)25(32)7-6-14-31(37(5,34)35)24-15-21(27)10-13-23(24)28/h8-13,15,18-19H,6-7,14,16-17H2,1-5H3,(H,29,33)/t19-/m0/s1. The van der Waals surface area contributed by atoms with Crippen LogP contribution in [0.1, 0.15) is 39.2 Å². The number of hydrogen-bond acceptors (Lipinski definition) is 5. The van der Waals surface area contributed by atoms with Crippen molar-refractivity contribution in [2.75, 3.05) is 30.8 Å². The Morgan fingerprint density at radius 2 is 1.70 bits per heavy atom. The fourth-order valence-corrected chi connectivity index (χ4v) is 5.03. The van der Waals surface area contributed by atoms with Gasteiger partial charge in [-0.05, 0) is 55.2 Å². The molecule has 0 unspecified atom stereocenters. The number of carbonyl (C=O) groups excluding carboxylic acids is 2. The lowest BCUT2D eigenvalue weighted by molar-refractivity contribution is -0.140. The van der Waals surface area contributed by atoms with Crippen LogP contribution in [0.5, 0.6) is 5.75 Å². The Bertz CT molecular complexity index is 1170. The molecule has 0 bridgehead atoms. The molecule has 0 spiro atoms. The van der Waals surface area contributed by atoms with Gasteiger partial charge in [0.25, 0.3) is 0 Å². The van der Waals surface area contributed by atoms with E-state index < -0.39 is 16.1 Å². The summed E-state index contributed by atoms with van der Waals surface area (Å²) < 4.78 is 31.3. The number of nitrogens with zero attached hydrogens (tertiary/aromatic N) is 2. The minimum absolute atomic E-state index is 0.0228. The molecule has 0 radical (unpaired) electrons. The lowest BCUT2D eigenvalue weighted by Gasteiger charge is -2.30. The summed E-state index contributed by atoms with van der Waals surface area (Å²) in [6, 6.07) is 11.1. The highest BCUT2D eigenvalue weighted by Crippen LogP contribution is 2.31. The van der Waals surface area contributed by atoms with E-state index in [9.17, 15) is 18.0 Å². The number of amides is 2. The van der Waals surface area contributed by atoms with E-state index in [0.717, 1.165) is 16.1 Å². The van der Waals surface area contributed by atoms with Gasteiger partial charge in [-0.15, -0.1) is 0 Å². The molecule has 0 aliphatic carbocycles. The van der Waals surface area contributed by atoms with Crippen LogP contribution in [-0.2, 0) is 26.2 Å². The second kappa shape index (κ2) is 13.9. The van der Waals surface area contributed by atoms with Crippen LogP contribution in [0.3, 0.4) is 0 Å². The summed E-state index contributed by atoms with van der Waals surface area (Å²) in [5, 5.41) is 3.46. The van der Waals surface area contributed by atoms with E-state index in [1.807, 2.05) is 26.0 Å². The van der Waals surface area contributed by atoms with E-state index in [2.05, 4.69) is 5.32 Å². The van der Waals surface area contributed by atoms with Crippen molar-refractivity contribution in [2.24, 2.45) is 5.92 Å². The van der Waals surface area contributed by atoms with Gasteiger partial charge < -0.3 is 15.0 Å². The number of halogens is 2. The minimum Gasteiger partial charge on any atom is -0.497 e. The van der Waals surface area contributed by atoms with Gasteiger partial charge in [0.2, 0.25) is 21.8 Å². The number of nitrogens with one attached hydrogen (secondary N) is 1. The first kappa shape index (κ1) is 30.7. The second-order valence-electron chi connectivity index (χ2n) is 9.22. The summed E-state index contributed by atoms with van der Waals surface area (Å²) in [4.78, 5) is 27.7. The molecule has 2 rings (SSSR count). The molecule has 37 heavy (non-hydrogen) atoms. The average Bonchev–Trinajstić information content (AvgIpc) is 2.84. The molecule has 0 aliphatic heterocycles. The normalized spacial score (nSPS) is 12.2. The summed E-state index contributed by atoms with van der Waals surface area (Å²) in [6.45, 7) is 6.41. The maximum atomic E-state index is 13.3. The Balaban J connectivity index is 2.20. The summed E-state index contributed by atoms with van der Waals surface area (Å²) in [5.74, 6) is 0.430. The summed E-state index contributed by atoms with van der Waals surface area (Å²) >= 11 is 12.3. The van der Waals surface area contributed by atoms with Crippen LogP contribution in [0.4, 0.5) is 5.69 Å². The van der Waals surface area contributed by atoms with Gasteiger partial charge in [0, 0.05) is 31.1 Å². The van der Waals surface area contributed by atoms with Crippen LogP contribution in [0.25, 0.3) is 0 Å². The van der Waals surface area contributed by atoms with Gasteiger partial charge in [-0.25, -0.2) is 8.42 Å². The molecule has 2 aromatic rings. The molecule has 11 heteroatoms. The Kier molecular flexibility index (Phi) is 11.5. The van der Waals surface area contributed by atoms with Crippen molar-refractivity contribution >= 4 is 50.7 Å². The van der Waals surface area contributed by atoms with Crippen LogP contribution in [0.15, 0.2) is 42.5 Å². The van der Waals surface area contributed by atoms with Crippen LogP contribution < -0.4 is 14.4 Å². The topological polar surface area (TPSA) is 96.0 Å². The van der Waals surface area contributed by atoms with Crippen LogP contribution in [0, 0.1) is 5.92 Å².